The molecule has 0 aliphatic heterocycles. The first-order valence-electron chi connectivity index (χ1n) is 6.48. The molecule has 1 saturated carbocycles. The zero-order valence-electron chi connectivity index (χ0n) is 11.5. The first kappa shape index (κ1) is 18.4. The van der Waals surface area contributed by atoms with E-state index in [-0.39, 0.29) is 35.3 Å². The van der Waals surface area contributed by atoms with Crippen molar-refractivity contribution in [1.29, 1.82) is 0 Å². The van der Waals surface area contributed by atoms with Crippen molar-refractivity contribution in [2.45, 2.75) is 30.5 Å². The largest absolute Gasteiger partial charge is 0.400 e. The quantitative estimate of drug-likeness (QED) is 0.753. The molecule has 1 unspecified atom stereocenters. The molecule has 23 heavy (non-hydrogen) atoms. The van der Waals surface area contributed by atoms with Crippen molar-refractivity contribution >= 4 is 35.3 Å². The molecule has 2 aromatic rings. The van der Waals surface area contributed by atoms with Crippen LogP contribution in [0.4, 0.5) is 17.6 Å². The fourth-order valence-electron chi connectivity index (χ4n) is 2.27. The molecule has 9 heteroatoms. The topological polar surface area (TPSA) is 38.9 Å². The van der Waals surface area contributed by atoms with Crippen LogP contribution in [0.5, 0.6) is 0 Å². The summed E-state index contributed by atoms with van der Waals surface area (Å²) in [5, 5.41) is 1.47. The van der Waals surface area contributed by atoms with Gasteiger partial charge in [-0.15, -0.1) is 23.7 Å². The van der Waals surface area contributed by atoms with Gasteiger partial charge in [-0.05, 0) is 30.5 Å². The van der Waals surface area contributed by atoms with Crippen LogP contribution in [0.2, 0.25) is 5.02 Å². The molecule has 0 bridgehead atoms. The van der Waals surface area contributed by atoms with Crippen molar-refractivity contribution in [3.05, 3.63) is 50.7 Å². The Morgan fingerprint density at radius 2 is 1.96 bits per heavy atom. The molecule has 3 rings (SSSR count). The van der Waals surface area contributed by atoms with Gasteiger partial charge in [0.25, 0.3) is 0 Å². The molecule has 0 amide bonds. The van der Waals surface area contributed by atoms with Gasteiger partial charge in [0, 0.05) is 5.38 Å². The lowest BCUT2D eigenvalue weighted by Gasteiger charge is -2.16. The highest BCUT2D eigenvalue weighted by Gasteiger charge is 2.66. The molecule has 0 spiro atoms. The molecule has 1 aromatic carbocycles. The molecule has 2 nitrogen and oxygen atoms in total. The molecule has 126 valence electrons. The Bertz CT molecular complexity index is 713. The van der Waals surface area contributed by atoms with Gasteiger partial charge in [-0.3, -0.25) is 0 Å². The maximum atomic E-state index is 13.2. The summed E-state index contributed by atoms with van der Waals surface area (Å²) in [6.45, 7) is 0. The van der Waals surface area contributed by atoms with Crippen molar-refractivity contribution in [3.8, 4) is 0 Å². The Morgan fingerprint density at radius 1 is 1.30 bits per heavy atom. The summed E-state index contributed by atoms with van der Waals surface area (Å²) in [6, 6.07) is 3.23. The first-order chi connectivity index (χ1) is 10.2. The van der Waals surface area contributed by atoms with Gasteiger partial charge in [0.1, 0.15) is 16.2 Å². The third-order valence-electron chi connectivity index (χ3n) is 3.85. The van der Waals surface area contributed by atoms with Crippen LogP contribution in [-0.4, -0.2) is 11.2 Å². The fourth-order valence-corrected chi connectivity index (χ4v) is 3.59. The number of hydrogen-bond donors (Lipinski definition) is 1. The average molecular weight is 387 g/mol. The predicted molar refractivity (Wildman–Crippen MR) is 83.8 cm³/mol. The number of alkyl halides is 3. The second-order valence-electron chi connectivity index (χ2n) is 5.31. The highest BCUT2D eigenvalue weighted by molar-refractivity contribution is 7.09. The van der Waals surface area contributed by atoms with Gasteiger partial charge < -0.3 is 5.73 Å². The highest BCUT2D eigenvalue weighted by Crippen LogP contribution is 2.59. The Labute approximate surface area is 145 Å². The van der Waals surface area contributed by atoms with Crippen LogP contribution in [0.15, 0.2) is 23.6 Å². The van der Waals surface area contributed by atoms with E-state index in [0.717, 1.165) is 11.3 Å². The van der Waals surface area contributed by atoms with Gasteiger partial charge in [0.05, 0.1) is 16.8 Å². The first-order valence-corrected chi connectivity index (χ1v) is 7.73. The smallest absolute Gasteiger partial charge is 0.319 e. The van der Waals surface area contributed by atoms with E-state index in [0.29, 0.717) is 11.3 Å². The number of nitrogens with zero attached hydrogens (tertiary/aromatic N) is 1. The van der Waals surface area contributed by atoms with Crippen LogP contribution < -0.4 is 5.73 Å². The molecular weight excluding hydrogens is 375 g/mol. The Balaban J connectivity index is 0.00000192. The summed E-state index contributed by atoms with van der Waals surface area (Å²) in [4.78, 5) is 4.08. The number of thiazole rings is 1. The number of rotatable bonds is 3. The molecular formula is C14H12Cl2F4N2S. The normalized spacial score (nSPS) is 17.5. The molecule has 1 aliphatic carbocycles. The zero-order chi connectivity index (χ0) is 16.1. The summed E-state index contributed by atoms with van der Waals surface area (Å²) in [5.41, 5.74) is 5.03. The van der Waals surface area contributed by atoms with Gasteiger partial charge in [0.15, 0.2) is 0 Å². The van der Waals surface area contributed by atoms with Crippen LogP contribution in [0.1, 0.15) is 35.1 Å². The van der Waals surface area contributed by atoms with Crippen molar-refractivity contribution in [2.75, 3.05) is 0 Å². The lowest BCUT2D eigenvalue weighted by molar-refractivity contribution is -0.160. The minimum Gasteiger partial charge on any atom is -0.319 e. The van der Waals surface area contributed by atoms with Crippen LogP contribution in [0.3, 0.4) is 0 Å². The molecule has 1 atom stereocenters. The summed E-state index contributed by atoms with van der Waals surface area (Å²) in [7, 11) is 0. The Morgan fingerprint density at radius 3 is 2.48 bits per heavy atom. The van der Waals surface area contributed by atoms with Crippen LogP contribution in [0, 0.1) is 5.82 Å². The van der Waals surface area contributed by atoms with Crippen molar-refractivity contribution in [1.82, 2.24) is 4.98 Å². The standard InChI is InChI=1S/C14H11ClF4N2S.ClH/c15-8-5-7(1-2-9(8)16)11(20)10-6-22-12(21-10)13(3-4-13)14(17,18)19;/h1-2,5-6,11H,3-4,20H2;1H. The van der Waals surface area contributed by atoms with Gasteiger partial charge in [-0.25, -0.2) is 9.37 Å². The number of nitrogens with two attached hydrogens (primary N) is 1. The van der Waals surface area contributed by atoms with Gasteiger partial charge in [0.2, 0.25) is 0 Å². The Hall–Kier alpha value is -0.890. The van der Waals surface area contributed by atoms with E-state index in [1.54, 1.807) is 0 Å². The van der Waals surface area contributed by atoms with E-state index in [2.05, 4.69) is 4.98 Å². The second-order valence-corrected chi connectivity index (χ2v) is 6.57. The van der Waals surface area contributed by atoms with Crippen LogP contribution in [0.25, 0.3) is 0 Å². The SMILES string of the molecule is Cl.NC(c1ccc(F)c(Cl)c1)c1csc(C2(C(F)(F)F)CC2)n1. The molecule has 2 N–H and O–H groups in total. The van der Waals surface area contributed by atoms with Crippen molar-refractivity contribution in [3.63, 3.8) is 0 Å². The molecule has 1 fully saturated rings. The molecule has 0 radical (unpaired) electrons. The fraction of sp³-hybridized carbons (Fsp3) is 0.357. The lowest BCUT2D eigenvalue weighted by Crippen LogP contribution is -2.28. The number of hydrogen-bond acceptors (Lipinski definition) is 3. The summed E-state index contributed by atoms with van der Waals surface area (Å²) in [6.07, 6.45) is -4.19. The minimum absolute atomic E-state index is 0. The molecule has 0 saturated heterocycles. The number of aromatic nitrogens is 1. The van der Waals surface area contributed by atoms with E-state index < -0.39 is 23.5 Å². The maximum Gasteiger partial charge on any atom is 0.400 e. The van der Waals surface area contributed by atoms with E-state index >= 15 is 0 Å². The minimum atomic E-state index is -4.30. The average Bonchev–Trinajstić information content (AvgIpc) is 3.13. The Kier molecular flexibility index (Phi) is 4.97. The second kappa shape index (κ2) is 6.20. The van der Waals surface area contributed by atoms with Gasteiger partial charge in [-0.2, -0.15) is 13.2 Å². The molecule has 1 heterocycles. The maximum absolute atomic E-state index is 13.2. The van der Waals surface area contributed by atoms with E-state index in [1.807, 2.05) is 0 Å². The lowest BCUT2D eigenvalue weighted by atomic mass is 10.0. The third-order valence-corrected chi connectivity index (χ3v) is 5.20. The van der Waals surface area contributed by atoms with Crippen LogP contribution >= 0.6 is 35.3 Å². The highest BCUT2D eigenvalue weighted by atomic mass is 35.5. The van der Waals surface area contributed by atoms with E-state index in [9.17, 15) is 17.6 Å². The van der Waals surface area contributed by atoms with Crippen molar-refractivity contribution < 1.29 is 17.6 Å². The summed E-state index contributed by atoms with van der Waals surface area (Å²) >= 11 is 6.65. The number of benzene rings is 1. The molecule has 1 aliphatic rings. The monoisotopic (exact) mass is 386 g/mol. The van der Waals surface area contributed by atoms with Gasteiger partial charge in [-0.1, -0.05) is 17.7 Å². The van der Waals surface area contributed by atoms with Gasteiger partial charge >= 0.3 is 6.18 Å². The predicted octanol–water partition coefficient (Wildman–Crippen LogP) is 5.00. The van der Waals surface area contributed by atoms with E-state index in [4.69, 9.17) is 17.3 Å². The zero-order valence-corrected chi connectivity index (χ0v) is 13.9. The van der Waals surface area contributed by atoms with Crippen LogP contribution in [-0.2, 0) is 5.41 Å². The third kappa shape index (κ3) is 3.20. The summed E-state index contributed by atoms with van der Waals surface area (Å²) in [5.74, 6) is -0.578. The summed E-state index contributed by atoms with van der Waals surface area (Å²) < 4.78 is 52.4. The van der Waals surface area contributed by atoms with E-state index in [1.165, 1.54) is 23.6 Å². The molecule has 1 aromatic heterocycles. The number of halogens is 6. The van der Waals surface area contributed by atoms with Crippen molar-refractivity contribution in [2.24, 2.45) is 5.73 Å².